The van der Waals surface area contributed by atoms with Crippen LogP contribution < -0.4 is 5.73 Å². The molecule has 88 valence electrons. The number of thiophene rings is 1. The zero-order valence-corrected chi connectivity index (χ0v) is 10.4. The molecule has 0 radical (unpaired) electrons. The number of likely N-dealkylation sites (tertiary alicyclic amines) is 1. The van der Waals surface area contributed by atoms with Gasteiger partial charge in [0.25, 0.3) is 0 Å². The minimum atomic E-state index is -0.279. The Morgan fingerprint density at radius 3 is 3.19 bits per heavy atom. The SMILES string of the molecule is CCc1ccsc1CN1CCCC(N)C1=O. The Balaban J connectivity index is 2.06. The summed E-state index contributed by atoms with van der Waals surface area (Å²) in [4.78, 5) is 15.1. The lowest BCUT2D eigenvalue weighted by molar-refractivity contribution is -0.135. The highest BCUT2D eigenvalue weighted by Gasteiger charge is 2.26. The van der Waals surface area contributed by atoms with Gasteiger partial charge in [-0.3, -0.25) is 4.79 Å². The van der Waals surface area contributed by atoms with E-state index in [1.165, 1.54) is 10.4 Å². The summed E-state index contributed by atoms with van der Waals surface area (Å²) in [6.45, 7) is 3.75. The van der Waals surface area contributed by atoms with Crippen LogP contribution in [0.4, 0.5) is 0 Å². The summed E-state index contributed by atoms with van der Waals surface area (Å²) in [5.41, 5.74) is 7.14. The van der Waals surface area contributed by atoms with Crippen LogP contribution in [-0.2, 0) is 17.8 Å². The number of hydrogen-bond acceptors (Lipinski definition) is 3. The highest BCUT2D eigenvalue weighted by Crippen LogP contribution is 2.21. The van der Waals surface area contributed by atoms with E-state index in [1.54, 1.807) is 11.3 Å². The van der Waals surface area contributed by atoms with Crippen LogP contribution in [0.15, 0.2) is 11.4 Å². The van der Waals surface area contributed by atoms with Gasteiger partial charge in [-0.1, -0.05) is 6.92 Å². The summed E-state index contributed by atoms with van der Waals surface area (Å²) >= 11 is 1.74. The molecule has 1 aliphatic rings. The van der Waals surface area contributed by atoms with Crippen LogP contribution in [0.25, 0.3) is 0 Å². The number of nitrogens with two attached hydrogens (primary N) is 1. The van der Waals surface area contributed by atoms with Gasteiger partial charge in [0.1, 0.15) is 0 Å². The lowest BCUT2D eigenvalue weighted by Crippen LogP contribution is -2.47. The van der Waals surface area contributed by atoms with E-state index in [0.29, 0.717) is 0 Å². The zero-order chi connectivity index (χ0) is 11.5. The summed E-state index contributed by atoms with van der Waals surface area (Å²) in [5, 5.41) is 2.10. The Kier molecular flexibility index (Phi) is 3.61. The molecule has 3 nitrogen and oxygen atoms in total. The number of piperidine rings is 1. The number of aryl methyl sites for hydroxylation is 1. The van der Waals surface area contributed by atoms with Crippen LogP contribution in [0.3, 0.4) is 0 Å². The zero-order valence-electron chi connectivity index (χ0n) is 9.61. The first-order valence-electron chi connectivity index (χ1n) is 5.82. The Labute approximate surface area is 100 Å². The summed E-state index contributed by atoms with van der Waals surface area (Å²) in [6, 6.07) is 1.87. The van der Waals surface area contributed by atoms with Crippen molar-refractivity contribution >= 4 is 17.2 Å². The first-order valence-corrected chi connectivity index (χ1v) is 6.70. The van der Waals surface area contributed by atoms with Gasteiger partial charge >= 0.3 is 0 Å². The van der Waals surface area contributed by atoms with Crippen molar-refractivity contribution < 1.29 is 4.79 Å². The van der Waals surface area contributed by atoms with Crippen molar-refractivity contribution in [1.29, 1.82) is 0 Å². The summed E-state index contributed by atoms with van der Waals surface area (Å²) in [6.07, 6.45) is 2.90. The second-order valence-electron chi connectivity index (χ2n) is 4.23. The summed E-state index contributed by atoms with van der Waals surface area (Å²) < 4.78 is 0. The molecule has 1 unspecified atom stereocenters. The van der Waals surface area contributed by atoms with E-state index < -0.39 is 0 Å². The van der Waals surface area contributed by atoms with E-state index >= 15 is 0 Å². The molecule has 0 aliphatic carbocycles. The normalized spacial score (nSPS) is 21.5. The molecule has 4 heteroatoms. The van der Waals surface area contributed by atoms with E-state index in [-0.39, 0.29) is 11.9 Å². The minimum absolute atomic E-state index is 0.113. The molecule has 1 atom stereocenters. The average Bonchev–Trinajstić information content (AvgIpc) is 2.72. The minimum Gasteiger partial charge on any atom is -0.336 e. The lowest BCUT2D eigenvalue weighted by atomic mass is 10.1. The molecule has 1 amide bonds. The van der Waals surface area contributed by atoms with Crippen molar-refractivity contribution in [1.82, 2.24) is 4.90 Å². The molecule has 2 rings (SSSR count). The predicted molar refractivity (Wildman–Crippen MR) is 66.3 cm³/mol. The number of amides is 1. The molecule has 0 bridgehead atoms. The summed E-state index contributed by atoms with van der Waals surface area (Å²) in [5.74, 6) is 0.113. The third-order valence-corrected chi connectivity index (χ3v) is 4.07. The van der Waals surface area contributed by atoms with Gasteiger partial charge in [-0.15, -0.1) is 11.3 Å². The second kappa shape index (κ2) is 4.97. The molecule has 1 aliphatic heterocycles. The molecular formula is C12H18N2OS. The number of rotatable bonds is 3. The highest BCUT2D eigenvalue weighted by molar-refractivity contribution is 7.10. The molecule has 2 heterocycles. The molecule has 0 aromatic carbocycles. The molecular weight excluding hydrogens is 220 g/mol. The van der Waals surface area contributed by atoms with Gasteiger partial charge in [0, 0.05) is 11.4 Å². The Bertz CT molecular complexity index is 375. The van der Waals surface area contributed by atoms with Crippen molar-refractivity contribution in [2.24, 2.45) is 5.73 Å². The fourth-order valence-electron chi connectivity index (χ4n) is 2.12. The Morgan fingerprint density at radius 1 is 1.62 bits per heavy atom. The first-order chi connectivity index (χ1) is 7.72. The maximum absolute atomic E-state index is 11.9. The fourth-order valence-corrected chi connectivity index (χ4v) is 3.11. The molecule has 0 saturated carbocycles. The third-order valence-electron chi connectivity index (χ3n) is 3.13. The Morgan fingerprint density at radius 2 is 2.44 bits per heavy atom. The van der Waals surface area contributed by atoms with Gasteiger partial charge in [-0.2, -0.15) is 0 Å². The van der Waals surface area contributed by atoms with Crippen LogP contribution >= 0.6 is 11.3 Å². The van der Waals surface area contributed by atoms with E-state index in [4.69, 9.17) is 5.73 Å². The van der Waals surface area contributed by atoms with Crippen molar-refractivity contribution in [3.8, 4) is 0 Å². The highest BCUT2D eigenvalue weighted by atomic mass is 32.1. The first kappa shape index (κ1) is 11.6. The van der Waals surface area contributed by atoms with E-state index in [1.807, 2.05) is 4.90 Å². The van der Waals surface area contributed by atoms with Crippen molar-refractivity contribution in [2.75, 3.05) is 6.54 Å². The van der Waals surface area contributed by atoms with Gasteiger partial charge < -0.3 is 10.6 Å². The average molecular weight is 238 g/mol. The molecule has 1 saturated heterocycles. The smallest absolute Gasteiger partial charge is 0.239 e. The van der Waals surface area contributed by atoms with Crippen molar-refractivity contribution in [2.45, 2.75) is 38.8 Å². The lowest BCUT2D eigenvalue weighted by Gasteiger charge is -2.30. The van der Waals surface area contributed by atoms with E-state index in [2.05, 4.69) is 18.4 Å². The molecule has 2 N–H and O–H groups in total. The van der Waals surface area contributed by atoms with Gasteiger partial charge in [0.15, 0.2) is 0 Å². The third kappa shape index (κ3) is 2.28. The monoisotopic (exact) mass is 238 g/mol. The second-order valence-corrected chi connectivity index (χ2v) is 5.23. The number of hydrogen-bond donors (Lipinski definition) is 1. The van der Waals surface area contributed by atoms with Crippen LogP contribution in [0, 0.1) is 0 Å². The fraction of sp³-hybridized carbons (Fsp3) is 0.583. The van der Waals surface area contributed by atoms with Gasteiger partial charge in [0.05, 0.1) is 12.6 Å². The van der Waals surface area contributed by atoms with Crippen LogP contribution in [0.2, 0.25) is 0 Å². The predicted octanol–water partition coefficient (Wildman–Crippen LogP) is 1.76. The molecule has 16 heavy (non-hydrogen) atoms. The van der Waals surface area contributed by atoms with Gasteiger partial charge in [-0.25, -0.2) is 0 Å². The van der Waals surface area contributed by atoms with Crippen molar-refractivity contribution in [3.05, 3.63) is 21.9 Å². The van der Waals surface area contributed by atoms with Gasteiger partial charge in [0.2, 0.25) is 5.91 Å². The standard InChI is InChI=1S/C12H18N2OS/c1-2-9-5-7-16-11(9)8-14-6-3-4-10(13)12(14)15/h5,7,10H,2-4,6,8,13H2,1H3. The van der Waals surface area contributed by atoms with Crippen molar-refractivity contribution in [3.63, 3.8) is 0 Å². The number of carbonyl (C=O) groups excluding carboxylic acids is 1. The van der Waals surface area contributed by atoms with Crippen LogP contribution in [0.5, 0.6) is 0 Å². The van der Waals surface area contributed by atoms with E-state index in [0.717, 1.165) is 32.4 Å². The quantitative estimate of drug-likeness (QED) is 0.872. The number of nitrogens with zero attached hydrogens (tertiary/aromatic N) is 1. The molecule has 0 spiro atoms. The maximum atomic E-state index is 11.9. The largest absolute Gasteiger partial charge is 0.336 e. The summed E-state index contributed by atoms with van der Waals surface area (Å²) in [7, 11) is 0. The topological polar surface area (TPSA) is 46.3 Å². The van der Waals surface area contributed by atoms with E-state index in [9.17, 15) is 4.79 Å². The molecule has 1 aromatic rings. The molecule has 1 fully saturated rings. The van der Waals surface area contributed by atoms with Crippen LogP contribution in [0.1, 0.15) is 30.2 Å². The Hall–Kier alpha value is -0.870. The maximum Gasteiger partial charge on any atom is 0.239 e. The molecule has 1 aromatic heterocycles. The number of carbonyl (C=O) groups is 1. The van der Waals surface area contributed by atoms with Gasteiger partial charge in [-0.05, 0) is 36.3 Å². The van der Waals surface area contributed by atoms with Crippen LogP contribution in [-0.4, -0.2) is 23.4 Å².